The summed E-state index contributed by atoms with van der Waals surface area (Å²) in [7, 11) is 0. The van der Waals surface area contributed by atoms with Crippen LogP contribution in [0.15, 0.2) is 0 Å². The van der Waals surface area contributed by atoms with E-state index in [0.717, 1.165) is 24.7 Å². The molecule has 0 aliphatic heterocycles. The van der Waals surface area contributed by atoms with Crippen molar-refractivity contribution in [2.75, 3.05) is 0 Å². The Hall–Kier alpha value is -1.02. The highest BCUT2D eigenvalue weighted by molar-refractivity contribution is 4.99. The topological polar surface area (TPSA) is 47.6 Å². The molecule has 2 fully saturated rings. The molecule has 2 aliphatic rings. The zero-order valence-corrected chi connectivity index (χ0v) is 12.7. The molecular weight excluding hydrogens is 244 g/mol. The zero-order chi connectivity index (χ0) is 14.2. The van der Waals surface area contributed by atoms with Crippen LogP contribution in [-0.4, -0.2) is 0 Å². The third-order valence-corrected chi connectivity index (χ3v) is 5.55. The van der Waals surface area contributed by atoms with Gasteiger partial charge < -0.3 is 0 Å². The average molecular weight is 272 g/mol. The van der Waals surface area contributed by atoms with Crippen LogP contribution in [-0.2, 0) is 0 Å². The summed E-state index contributed by atoms with van der Waals surface area (Å²) < 4.78 is 0. The third-order valence-electron chi connectivity index (χ3n) is 5.55. The minimum atomic E-state index is -0.0112. The second kappa shape index (κ2) is 8.31. The maximum absolute atomic E-state index is 9.17. The predicted molar refractivity (Wildman–Crippen MR) is 80.6 cm³/mol. The van der Waals surface area contributed by atoms with Crippen molar-refractivity contribution in [3.63, 3.8) is 0 Å². The van der Waals surface area contributed by atoms with Crippen LogP contribution in [0.25, 0.3) is 0 Å². The van der Waals surface area contributed by atoms with Crippen molar-refractivity contribution in [2.45, 2.75) is 77.0 Å². The molecule has 2 saturated carbocycles. The molecule has 20 heavy (non-hydrogen) atoms. The molecule has 2 rings (SSSR count). The van der Waals surface area contributed by atoms with Gasteiger partial charge in [-0.2, -0.15) is 10.5 Å². The van der Waals surface area contributed by atoms with Gasteiger partial charge in [0.15, 0.2) is 0 Å². The summed E-state index contributed by atoms with van der Waals surface area (Å²) in [6, 6.07) is 4.71. The van der Waals surface area contributed by atoms with Crippen LogP contribution < -0.4 is 0 Å². The van der Waals surface area contributed by atoms with Crippen molar-refractivity contribution in [2.24, 2.45) is 23.7 Å². The van der Waals surface area contributed by atoms with Crippen molar-refractivity contribution in [1.29, 1.82) is 10.5 Å². The van der Waals surface area contributed by atoms with Gasteiger partial charge in [-0.3, -0.25) is 0 Å². The highest BCUT2D eigenvalue weighted by Crippen LogP contribution is 2.35. The van der Waals surface area contributed by atoms with Gasteiger partial charge >= 0.3 is 0 Å². The lowest BCUT2D eigenvalue weighted by Gasteiger charge is -2.19. The van der Waals surface area contributed by atoms with E-state index in [9.17, 15) is 0 Å². The van der Waals surface area contributed by atoms with Crippen LogP contribution in [0.5, 0.6) is 0 Å². The molecule has 0 amide bonds. The quantitative estimate of drug-likeness (QED) is 0.662. The summed E-state index contributed by atoms with van der Waals surface area (Å²) in [5.74, 6) is 1.71. The van der Waals surface area contributed by atoms with Gasteiger partial charge in [-0.15, -0.1) is 0 Å². The van der Waals surface area contributed by atoms with E-state index in [-0.39, 0.29) is 11.8 Å². The summed E-state index contributed by atoms with van der Waals surface area (Å²) in [6.45, 7) is 0. The molecule has 0 saturated heterocycles. The molecule has 2 aliphatic carbocycles. The lowest BCUT2D eigenvalue weighted by atomic mass is 9.87. The molecule has 0 aromatic rings. The first-order valence-corrected chi connectivity index (χ1v) is 8.62. The number of nitrogens with zero attached hydrogens (tertiary/aromatic N) is 2. The fraction of sp³-hybridized carbons (Fsp3) is 0.889. The predicted octanol–water partition coefficient (Wildman–Crippen LogP) is 5.21. The van der Waals surface area contributed by atoms with Gasteiger partial charge in [-0.25, -0.2) is 0 Å². The van der Waals surface area contributed by atoms with Crippen LogP contribution in [0, 0.1) is 46.3 Å². The van der Waals surface area contributed by atoms with E-state index in [0.29, 0.717) is 0 Å². The minimum absolute atomic E-state index is 0.0112. The zero-order valence-electron chi connectivity index (χ0n) is 12.7. The highest BCUT2D eigenvalue weighted by Gasteiger charge is 2.27. The van der Waals surface area contributed by atoms with Crippen molar-refractivity contribution < 1.29 is 0 Å². The molecule has 2 nitrogen and oxygen atoms in total. The standard InChI is InChI=1S/C18H28N2/c19-13-17-11-9-16(10-12-18(17)14-20)8-7-15-5-3-1-2-4-6-15/h15-18H,1-12H2. The molecule has 0 aromatic heterocycles. The maximum Gasteiger partial charge on any atom is 0.0669 e. The van der Waals surface area contributed by atoms with Crippen molar-refractivity contribution in [3.05, 3.63) is 0 Å². The fourth-order valence-corrected chi connectivity index (χ4v) is 4.10. The molecule has 0 spiro atoms. The summed E-state index contributed by atoms with van der Waals surface area (Å²) >= 11 is 0. The maximum atomic E-state index is 9.17. The summed E-state index contributed by atoms with van der Waals surface area (Å²) in [5.41, 5.74) is 0. The Labute approximate surface area is 124 Å². The normalized spacial score (nSPS) is 32.6. The Kier molecular flexibility index (Phi) is 6.38. The molecule has 0 radical (unpaired) electrons. The van der Waals surface area contributed by atoms with Gasteiger partial charge in [0.25, 0.3) is 0 Å². The van der Waals surface area contributed by atoms with Gasteiger partial charge in [-0.1, -0.05) is 51.4 Å². The first-order chi connectivity index (χ1) is 9.83. The Morgan fingerprint density at radius 3 is 1.50 bits per heavy atom. The number of rotatable bonds is 3. The summed E-state index contributed by atoms with van der Waals surface area (Å²) in [6.07, 6.45) is 15.6. The Morgan fingerprint density at radius 2 is 1.05 bits per heavy atom. The number of hydrogen-bond acceptors (Lipinski definition) is 2. The molecule has 0 heterocycles. The Morgan fingerprint density at radius 1 is 0.600 bits per heavy atom. The first kappa shape index (κ1) is 15.4. The molecule has 0 N–H and O–H groups in total. The van der Waals surface area contributed by atoms with Crippen LogP contribution in [0.4, 0.5) is 0 Å². The van der Waals surface area contributed by atoms with Gasteiger partial charge in [0.2, 0.25) is 0 Å². The van der Waals surface area contributed by atoms with Gasteiger partial charge in [0, 0.05) is 0 Å². The monoisotopic (exact) mass is 272 g/mol. The molecule has 0 bridgehead atoms. The lowest BCUT2D eigenvalue weighted by molar-refractivity contribution is 0.339. The van der Waals surface area contributed by atoms with Crippen LogP contribution in [0.2, 0.25) is 0 Å². The average Bonchev–Trinajstić information content (AvgIpc) is 2.85. The Balaban J connectivity index is 1.76. The van der Waals surface area contributed by atoms with E-state index in [1.54, 1.807) is 0 Å². The van der Waals surface area contributed by atoms with E-state index in [2.05, 4.69) is 12.1 Å². The number of nitriles is 2. The molecule has 2 unspecified atom stereocenters. The van der Waals surface area contributed by atoms with Crippen molar-refractivity contribution >= 4 is 0 Å². The van der Waals surface area contributed by atoms with Gasteiger partial charge in [0.1, 0.15) is 0 Å². The fourth-order valence-electron chi connectivity index (χ4n) is 4.10. The van der Waals surface area contributed by atoms with Crippen LogP contribution >= 0.6 is 0 Å². The van der Waals surface area contributed by atoms with Crippen LogP contribution in [0.1, 0.15) is 77.0 Å². The first-order valence-electron chi connectivity index (χ1n) is 8.62. The SMILES string of the molecule is N#CC1CCC(CCC2CCCCCC2)CCC1C#N. The van der Waals surface area contributed by atoms with Crippen molar-refractivity contribution in [1.82, 2.24) is 0 Å². The molecular formula is C18H28N2. The molecule has 0 aromatic carbocycles. The highest BCUT2D eigenvalue weighted by atomic mass is 14.4. The van der Waals surface area contributed by atoms with E-state index in [1.165, 1.54) is 64.2 Å². The van der Waals surface area contributed by atoms with Crippen molar-refractivity contribution in [3.8, 4) is 12.1 Å². The van der Waals surface area contributed by atoms with Gasteiger partial charge in [-0.05, 0) is 37.5 Å². The molecule has 2 atom stereocenters. The Bertz CT molecular complexity index is 331. The molecule has 2 heteroatoms. The van der Waals surface area contributed by atoms with Gasteiger partial charge in [0.05, 0.1) is 24.0 Å². The second-order valence-corrected chi connectivity index (χ2v) is 6.93. The van der Waals surface area contributed by atoms with E-state index in [1.807, 2.05) is 0 Å². The smallest absolute Gasteiger partial charge is 0.0669 e. The second-order valence-electron chi connectivity index (χ2n) is 6.93. The van der Waals surface area contributed by atoms with Crippen LogP contribution in [0.3, 0.4) is 0 Å². The minimum Gasteiger partial charge on any atom is -0.198 e. The van der Waals surface area contributed by atoms with E-state index < -0.39 is 0 Å². The number of hydrogen-bond donors (Lipinski definition) is 0. The summed E-state index contributed by atoms with van der Waals surface area (Å²) in [4.78, 5) is 0. The third kappa shape index (κ3) is 4.52. The van der Waals surface area contributed by atoms with E-state index >= 15 is 0 Å². The summed E-state index contributed by atoms with van der Waals surface area (Å²) in [5, 5.41) is 18.3. The largest absolute Gasteiger partial charge is 0.198 e. The van der Waals surface area contributed by atoms with E-state index in [4.69, 9.17) is 10.5 Å². The lowest BCUT2D eigenvalue weighted by Crippen LogP contribution is -2.08. The molecule has 110 valence electrons.